The third kappa shape index (κ3) is 42.8. The fourth-order valence-corrected chi connectivity index (χ4v) is 40.5. The Morgan fingerprint density at radius 3 is 0.878 bits per heavy atom. The molecule has 12 aromatic carbocycles. The van der Waals surface area contributed by atoms with Gasteiger partial charge in [-0.3, -0.25) is 4.79 Å². The molecule has 17 aromatic rings. The first kappa shape index (κ1) is 113. The van der Waals surface area contributed by atoms with Crippen LogP contribution >= 0.6 is 88.5 Å². The molecular weight excluding hydrogens is 2110 g/mol. The molecule has 0 unspecified atom stereocenters. The van der Waals surface area contributed by atoms with E-state index in [2.05, 4.69) is 389 Å². The zero-order valence-electron chi connectivity index (χ0n) is 80.1. The molecule has 0 saturated heterocycles. The van der Waals surface area contributed by atoms with Crippen molar-refractivity contribution in [3.05, 3.63) is 524 Å². The molecule has 0 bridgehead atoms. The second kappa shape index (κ2) is 71.2. The van der Waals surface area contributed by atoms with Gasteiger partial charge in [0.15, 0.2) is 5.78 Å². The molecule has 139 heavy (non-hydrogen) atoms. The Hall–Kier alpha value is -11.2. The molecule has 1 nitrogen and oxygen atoms in total. The van der Waals surface area contributed by atoms with Gasteiger partial charge in [0.1, 0.15) is 0 Å². The fourth-order valence-electron chi connectivity index (χ4n) is 14.9. The molecule has 0 saturated carbocycles. The van der Waals surface area contributed by atoms with Crippen LogP contribution in [0.25, 0.3) is 79.8 Å². The van der Waals surface area contributed by atoms with Crippen molar-refractivity contribution in [1.29, 1.82) is 0 Å². The molecule has 0 aliphatic heterocycles. The Morgan fingerprint density at radius 2 is 0.597 bits per heavy atom. The zero-order valence-corrected chi connectivity index (χ0v) is 91.8. The number of rotatable bonds is 28. The molecule has 5 heterocycles. The van der Waals surface area contributed by atoms with Crippen molar-refractivity contribution in [2.45, 2.75) is 150 Å². The first-order chi connectivity index (χ1) is 68.2. The largest absolute Gasteiger partial charge is 0.184 e. The maximum absolute atomic E-state index is 14.5. The zero-order chi connectivity index (χ0) is 96.9. The summed E-state index contributed by atoms with van der Waals surface area (Å²) in [5.74, 6) is 0.118. The number of hydrogen-bond donors (Lipinski definition) is 0. The number of halogens is 2. The van der Waals surface area contributed by atoms with Crippen molar-refractivity contribution in [2.75, 3.05) is 0 Å². The van der Waals surface area contributed by atoms with E-state index < -0.39 is 18.4 Å². The molecular formula is C129H146Br2OPdS5Sn-4. The first-order valence-corrected chi connectivity index (χ1v) is 61.0. The summed E-state index contributed by atoms with van der Waals surface area (Å²) in [7, 11) is 0. The van der Waals surface area contributed by atoms with Crippen molar-refractivity contribution in [2.24, 2.45) is 0 Å². The van der Waals surface area contributed by atoms with E-state index in [0.717, 1.165) is 56.6 Å². The minimum atomic E-state index is -2.01. The van der Waals surface area contributed by atoms with Gasteiger partial charge in [-0.05, 0) is 178 Å². The van der Waals surface area contributed by atoms with Crippen LogP contribution in [0.1, 0.15) is 175 Å². The van der Waals surface area contributed by atoms with Crippen LogP contribution in [0.15, 0.2) is 477 Å². The Morgan fingerprint density at radius 1 is 0.309 bits per heavy atom. The summed E-state index contributed by atoms with van der Waals surface area (Å²) in [5.41, 5.74) is 40.8. The van der Waals surface area contributed by atoms with E-state index in [0.29, 0.717) is 0 Å². The predicted molar refractivity (Wildman–Crippen MR) is 637 cm³/mol. The normalized spacial score (nSPS) is 9.93. The predicted octanol–water partition coefficient (Wildman–Crippen LogP) is 42.8. The Balaban J connectivity index is -0.000000574. The summed E-state index contributed by atoms with van der Waals surface area (Å²) in [6, 6.07) is 146. The maximum Gasteiger partial charge on any atom is 0 e. The molecule has 1 aliphatic carbocycles. The van der Waals surface area contributed by atoms with Crippen LogP contribution < -0.4 is 2.89 Å². The third-order valence-electron chi connectivity index (χ3n) is 21.8. The van der Waals surface area contributed by atoms with Gasteiger partial charge in [-0.2, -0.15) is 146 Å². The average molecular weight is 2260 g/mol. The summed E-state index contributed by atoms with van der Waals surface area (Å²) in [6.45, 7) is 12.7. The SMILES string of the molecule is C=C=C=C=C=C=C=C=C=C=C=Cc1c(-c2ccc(Br)s2)sc2c1C(=O)c1c-2sc(-c2ccc(Br)s2)c1CCCCCCCCCCCC.CCC[CH2][Sn]([CH2]CCC)([CH2]CCC)[c]1cccs1.[HH].[HH].[HH].[HH].[HH].[HH].[HH].[HH].[HH].[HH].[HH].[HH].[Pd].[c-]1ccccc1.[c-]1ccccc1.[c-]1ccccc1.[c-]1ccccc1.c1ccc(-c2ccccc2)cc1.c1ccc(-c2ccccc2)cc1.c1ccc(-c2ccccc2)cc1.c1ccc(-c2ccccc2)cc1. The average Bonchev–Trinajstić information content (AvgIpc) is 1.55. The van der Waals surface area contributed by atoms with Gasteiger partial charge in [0.25, 0.3) is 0 Å². The molecule has 0 spiro atoms. The quantitative estimate of drug-likeness (QED) is 0.0207. The van der Waals surface area contributed by atoms with Crippen molar-refractivity contribution >= 4 is 122 Å². The van der Waals surface area contributed by atoms with Crippen LogP contribution in [0.3, 0.4) is 0 Å². The molecule has 730 valence electrons. The van der Waals surface area contributed by atoms with E-state index in [1.165, 1.54) is 156 Å². The van der Waals surface area contributed by atoms with Gasteiger partial charge in [-0.1, -0.05) is 319 Å². The number of thiophene rings is 5. The van der Waals surface area contributed by atoms with Gasteiger partial charge >= 0.3 is 123 Å². The van der Waals surface area contributed by atoms with Gasteiger partial charge in [-0.25, -0.2) is 0 Å². The van der Waals surface area contributed by atoms with Gasteiger partial charge < -0.3 is 0 Å². The summed E-state index contributed by atoms with van der Waals surface area (Å²) >= 11 is 14.2. The van der Waals surface area contributed by atoms with Gasteiger partial charge in [0.2, 0.25) is 0 Å². The van der Waals surface area contributed by atoms with Gasteiger partial charge in [0, 0.05) is 63.3 Å². The Kier molecular flexibility index (Phi) is 57.9. The van der Waals surface area contributed by atoms with Crippen LogP contribution in [-0.2, 0) is 26.8 Å². The minimum Gasteiger partial charge on any atom is -0.184 e. The van der Waals surface area contributed by atoms with E-state index in [1.807, 2.05) is 185 Å². The molecule has 0 amide bonds. The number of benzene rings is 12. The van der Waals surface area contributed by atoms with Crippen molar-refractivity contribution in [1.82, 2.24) is 0 Å². The van der Waals surface area contributed by atoms with Gasteiger partial charge in [-0.15, -0.1) is 45.3 Å². The number of unbranched alkanes of at least 4 members (excludes halogenated alkanes) is 12. The second-order valence-electron chi connectivity index (χ2n) is 31.9. The number of hydrogen-bond acceptors (Lipinski definition) is 6. The number of ketones is 1. The van der Waals surface area contributed by atoms with E-state index in [4.69, 9.17) is 0 Å². The van der Waals surface area contributed by atoms with E-state index >= 15 is 0 Å². The second-order valence-corrected chi connectivity index (χ2v) is 54.0. The minimum absolute atomic E-state index is 0. The molecule has 1 aliphatic rings. The van der Waals surface area contributed by atoms with E-state index in [1.54, 1.807) is 58.7 Å². The van der Waals surface area contributed by atoms with Crippen LogP contribution in [0.5, 0.6) is 0 Å². The van der Waals surface area contributed by atoms with Crippen molar-refractivity contribution < 1.29 is 42.3 Å². The van der Waals surface area contributed by atoms with E-state index in [9.17, 15) is 4.79 Å². The standard InChI is InChI=1S/C41H32Br2OS4.4C12H10.4C6H5.C4H3S.3C4H9.Pd.Sn.12H2/c1-3-5-7-9-11-13-15-17-19-21-23-29-35-37(44)36-30(24-22-20-18-16-14-12-10-8-6-4-2)39(32-26-28-34(43)46-32)48-41(36)40(35)47-38(29)31-25-27-33(42)45-31;4*1-3-7-11(8-4-1)12-9-5-2-6-10-12;4*1-2-4-6-5-3-1;1-2-4-5-3-1;3*1-3-4-2;;;;;;;;;;;;;;/h23,25-28H,1,4,6,8,10,12,14,16,18,20,22,24H2,2H3;4*1-10H;4*1-5H;1-3H;3*1,3-4H2,2H3;;;12*1H/q;;;;;4*-1;;;;;;;;;;;;;;;;;;. The third-order valence-corrected chi connectivity index (χ3v) is 47.3. The molecule has 18 rings (SSSR count). The fraction of sp³-hybridized carbons (Fsp3) is 0.186. The Labute approximate surface area is 903 Å². The van der Waals surface area contributed by atoms with Crippen LogP contribution in [0, 0.1) is 24.3 Å². The smallest absolute Gasteiger partial charge is 0 e. The Bertz CT molecular complexity index is 5880. The van der Waals surface area contributed by atoms with Crippen LogP contribution in [0.2, 0.25) is 13.3 Å². The summed E-state index contributed by atoms with van der Waals surface area (Å²) in [4.78, 5) is 21.2. The summed E-state index contributed by atoms with van der Waals surface area (Å²) < 4.78 is 8.82. The van der Waals surface area contributed by atoms with Crippen LogP contribution in [0.4, 0.5) is 0 Å². The summed E-state index contributed by atoms with van der Waals surface area (Å²) in [5, 5.41) is 2.31. The molecule has 0 N–H and O–H groups in total. The number of fused-ring (bicyclic) bond motifs is 3. The number of carbonyl (C=O) groups is 1. The van der Waals surface area contributed by atoms with Crippen molar-refractivity contribution in [3.63, 3.8) is 0 Å². The van der Waals surface area contributed by atoms with E-state index in [-0.39, 0.29) is 43.3 Å². The summed E-state index contributed by atoms with van der Waals surface area (Å²) in [6.07, 6.45) is 24.2. The van der Waals surface area contributed by atoms with Gasteiger partial charge in [0.05, 0.1) is 27.8 Å². The number of carbonyl (C=O) groups excluding carboxylic acids is 1. The molecule has 5 aromatic heterocycles. The van der Waals surface area contributed by atoms with Crippen molar-refractivity contribution in [3.8, 4) is 73.8 Å². The molecule has 0 fully saturated rings. The monoisotopic (exact) mass is 2250 g/mol. The molecule has 0 radical (unpaired) electrons. The van der Waals surface area contributed by atoms with Crippen LogP contribution in [-0.4, -0.2) is 24.2 Å². The molecule has 10 heteroatoms. The topological polar surface area (TPSA) is 17.1 Å². The maximum atomic E-state index is 14.5. The first-order valence-electron chi connectivity index (χ1n) is 47.8. The molecule has 0 atom stereocenters.